The molecule has 8 heteroatoms. The molecule has 1 atom stereocenters. The number of nitrogens with zero attached hydrogens (tertiary/aromatic N) is 7. The van der Waals surface area contributed by atoms with E-state index < -0.39 is 0 Å². The summed E-state index contributed by atoms with van der Waals surface area (Å²) in [5.41, 5.74) is 0. The smallest absolute Gasteiger partial charge is 0.257 e. The molecule has 0 aliphatic heterocycles. The fraction of sp³-hybridized carbons (Fsp3) is 0.462. The predicted molar refractivity (Wildman–Crippen MR) is 79.2 cm³/mol. The van der Waals surface area contributed by atoms with Crippen molar-refractivity contribution in [3.63, 3.8) is 0 Å². The van der Waals surface area contributed by atoms with E-state index in [1.165, 1.54) is 0 Å². The van der Waals surface area contributed by atoms with Gasteiger partial charge in [-0.2, -0.15) is 25.3 Å². The lowest BCUT2D eigenvalue weighted by molar-refractivity contribution is 0.674. The number of aromatic nitrogens is 5. The largest absolute Gasteiger partial charge is 0.354 e. The van der Waals surface area contributed by atoms with Crippen molar-refractivity contribution in [1.29, 1.82) is 5.26 Å². The Morgan fingerprint density at radius 2 is 2.24 bits per heavy atom. The van der Waals surface area contributed by atoms with Gasteiger partial charge in [-0.15, -0.1) is 0 Å². The zero-order chi connectivity index (χ0) is 15.2. The third kappa shape index (κ3) is 3.45. The molecule has 0 aromatic carbocycles. The SMILES string of the molecule is CCNc1nc(N(C)C(C)CC#N)nc(-n2cccn2)n1. The second-order valence-corrected chi connectivity index (χ2v) is 4.56. The van der Waals surface area contributed by atoms with E-state index in [2.05, 4.69) is 31.4 Å². The number of hydrogen-bond donors (Lipinski definition) is 1. The van der Waals surface area contributed by atoms with Gasteiger partial charge in [-0.25, -0.2) is 4.68 Å². The molecular formula is C13H18N8. The van der Waals surface area contributed by atoms with Crippen LogP contribution in [0.25, 0.3) is 5.95 Å². The van der Waals surface area contributed by atoms with Crippen molar-refractivity contribution in [1.82, 2.24) is 24.7 Å². The molecule has 1 N–H and O–H groups in total. The van der Waals surface area contributed by atoms with Gasteiger partial charge in [-0.05, 0) is 19.9 Å². The molecule has 0 amide bonds. The molecule has 0 aliphatic carbocycles. The third-order valence-corrected chi connectivity index (χ3v) is 3.02. The molecular weight excluding hydrogens is 268 g/mol. The van der Waals surface area contributed by atoms with E-state index in [9.17, 15) is 0 Å². The number of hydrogen-bond acceptors (Lipinski definition) is 7. The Kier molecular flexibility index (Phi) is 4.66. The summed E-state index contributed by atoms with van der Waals surface area (Å²) >= 11 is 0. The molecule has 2 heterocycles. The normalized spacial score (nSPS) is 11.7. The summed E-state index contributed by atoms with van der Waals surface area (Å²) in [4.78, 5) is 15.0. The second kappa shape index (κ2) is 6.65. The van der Waals surface area contributed by atoms with Crippen LogP contribution in [0.5, 0.6) is 0 Å². The van der Waals surface area contributed by atoms with Crippen LogP contribution in [0.3, 0.4) is 0 Å². The van der Waals surface area contributed by atoms with Gasteiger partial charge in [-0.3, -0.25) is 0 Å². The Balaban J connectivity index is 2.38. The first-order valence-corrected chi connectivity index (χ1v) is 6.75. The Morgan fingerprint density at radius 1 is 1.43 bits per heavy atom. The first-order chi connectivity index (χ1) is 10.2. The lowest BCUT2D eigenvalue weighted by Gasteiger charge is -2.23. The maximum atomic E-state index is 8.82. The van der Waals surface area contributed by atoms with Crippen LogP contribution >= 0.6 is 0 Å². The molecule has 0 aliphatic rings. The molecule has 0 bridgehead atoms. The topological polar surface area (TPSA) is 95.6 Å². The van der Waals surface area contributed by atoms with E-state index in [0.717, 1.165) is 0 Å². The van der Waals surface area contributed by atoms with Crippen LogP contribution in [-0.4, -0.2) is 44.4 Å². The van der Waals surface area contributed by atoms with Gasteiger partial charge in [0.1, 0.15) is 0 Å². The van der Waals surface area contributed by atoms with Crippen LogP contribution in [0.15, 0.2) is 18.5 Å². The molecule has 110 valence electrons. The lowest BCUT2D eigenvalue weighted by atomic mass is 10.2. The number of nitrogens with one attached hydrogen (secondary N) is 1. The highest BCUT2D eigenvalue weighted by molar-refractivity contribution is 5.40. The molecule has 0 fully saturated rings. The standard InChI is InChI=1S/C13H18N8/c1-4-15-11-17-12(20(3)10(2)6-7-14)19-13(18-11)21-9-5-8-16-21/h5,8-10H,4,6H2,1-3H3,(H,15,17,18,19). The second-order valence-electron chi connectivity index (χ2n) is 4.56. The molecule has 0 saturated heterocycles. The van der Waals surface area contributed by atoms with Gasteiger partial charge < -0.3 is 10.2 Å². The third-order valence-electron chi connectivity index (χ3n) is 3.02. The van der Waals surface area contributed by atoms with Gasteiger partial charge in [0.25, 0.3) is 5.95 Å². The number of nitriles is 1. The van der Waals surface area contributed by atoms with Gasteiger partial charge >= 0.3 is 0 Å². The van der Waals surface area contributed by atoms with Crippen molar-refractivity contribution in [2.45, 2.75) is 26.3 Å². The fourth-order valence-corrected chi connectivity index (χ4v) is 1.70. The Bertz CT molecular complexity index is 616. The molecule has 0 radical (unpaired) electrons. The molecule has 2 rings (SSSR count). The lowest BCUT2D eigenvalue weighted by Crippen LogP contribution is -2.31. The van der Waals surface area contributed by atoms with Crippen molar-refractivity contribution >= 4 is 11.9 Å². The van der Waals surface area contributed by atoms with Crippen molar-refractivity contribution in [3.8, 4) is 12.0 Å². The number of rotatable bonds is 6. The van der Waals surface area contributed by atoms with E-state index >= 15 is 0 Å². The van der Waals surface area contributed by atoms with E-state index in [1.54, 1.807) is 23.1 Å². The van der Waals surface area contributed by atoms with Gasteiger partial charge in [0.05, 0.1) is 12.5 Å². The summed E-state index contributed by atoms with van der Waals surface area (Å²) < 4.78 is 1.58. The highest BCUT2D eigenvalue weighted by atomic mass is 15.4. The maximum absolute atomic E-state index is 8.82. The van der Waals surface area contributed by atoms with Crippen LogP contribution in [0, 0.1) is 11.3 Å². The molecule has 1 unspecified atom stereocenters. The first kappa shape index (κ1) is 14.7. The monoisotopic (exact) mass is 286 g/mol. The summed E-state index contributed by atoms with van der Waals surface area (Å²) in [6.45, 7) is 4.63. The van der Waals surface area contributed by atoms with Crippen molar-refractivity contribution < 1.29 is 0 Å². The van der Waals surface area contributed by atoms with E-state index in [1.807, 2.05) is 25.8 Å². The van der Waals surface area contributed by atoms with Crippen LogP contribution < -0.4 is 10.2 Å². The first-order valence-electron chi connectivity index (χ1n) is 6.75. The van der Waals surface area contributed by atoms with Gasteiger partial charge in [0, 0.05) is 32.0 Å². The van der Waals surface area contributed by atoms with E-state index in [0.29, 0.717) is 30.8 Å². The molecule has 8 nitrogen and oxygen atoms in total. The zero-order valence-corrected chi connectivity index (χ0v) is 12.4. The summed E-state index contributed by atoms with van der Waals surface area (Å²) in [7, 11) is 1.86. The van der Waals surface area contributed by atoms with Crippen LogP contribution in [0.2, 0.25) is 0 Å². The van der Waals surface area contributed by atoms with Crippen LogP contribution in [0.4, 0.5) is 11.9 Å². The fourth-order valence-electron chi connectivity index (χ4n) is 1.70. The molecule has 2 aromatic heterocycles. The molecule has 0 saturated carbocycles. The van der Waals surface area contributed by atoms with Gasteiger partial charge in [-0.1, -0.05) is 0 Å². The Morgan fingerprint density at radius 3 is 2.86 bits per heavy atom. The van der Waals surface area contributed by atoms with E-state index in [4.69, 9.17) is 5.26 Å². The predicted octanol–water partition coefficient (Wildman–Crippen LogP) is 1.23. The summed E-state index contributed by atoms with van der Waals surface area (Å²) in [6, 6.07) is 3.97. The average Bonchev–Trinajstić information content (AvgIpc) is 3.01. The van der Waals surface area contributed by atoms with Crippen molar-refractivity contribution in [2.24, 2.45) is 0 Å². The minimum Gasteiger partial charge on any atom is -0.354 e. The minimum atomic E-state index is 0.0114. The zero-order valence-electron chi connectivity index (χ0n) is 12.4. The summed E-state index contributed by atoms with van der Waals surface area (Å²) in [5.74, 6) is 1.44. The summed E-state index contributed by atoms with van der Waals surface area (Å²) in [6.07, 6.45) is 3.84. The van der Waals surface area contributed by atoms with Gasteiger partial charge in [0.15, 0.2) is 0 Å². The molecule has 2 aromatic rings. The number of anilines is 2. The molecule has 0 spiro atoms. The van der Waals surface area contributed by atoms with Gasteiger partial charge in [0.2, 0.25) is 11.9 Å². The van der Waals surface area contributed by atoms with Crippen molar-refractivity contribution in [3.05, 3.63) is 18.5 Å². The summed E-state index contributed by atoms with van der Waals surface area (Å²) in [5, 5.41) is 16.0. The Labute approximate surface area is 123 Å². The van der Waals surface area contributed by atoms with Crippen LogP contribution in [0.1, 0.15) is 20.3 Å². The molecule has 21 heavy (non-hydrogen) atoms. The van der Waals surface area contributed by atoms with E-state index in [-0.39, 0.29) is 6.04 Å². The van der Waals surface area contributed by atoms with Crippen molar-refractivity contribution in [2.75, 3.05) is 23.8 Å². The van der Waals surface area contributed by atoms with Crippen LogP contribution in [-0.2, 0) is 0 Å². The average molecular weight is 286 g/mol. The maximum Gasteiger partial charge on any atom is 0.257 e. The highest BCUT2D eigenvalue weighted by Gasteiger charge is 2.16. The quantitative estimate of drug-likeness (QED) is 0.853. The minimum absolute atomic E-state index is 0.0114. The Hall–Kier alpha value is -2.69. The highest BCUT2D eigenvalue weighted by Crippen LogP contribution is 2.15.